The second-order valence-corrected chi connectivity index (χ2v) is 5.37. The van der Waals surface area contributed by atoms with Gasteiger partial charge >= 0.3 is 6.18 Å². The molecule has 5 nitrogen and oxygen atoms in total. The summed E-state index contributed by atoms with van der Waals surface area (Å²) >= 11 is 0. The lowest BCUT2D eigenvalue weighted by molar-refractivity contribution is -0.174. The largest absolute Gasteiger partial charge is 0.411 e. The Hall–Kier alpha value is -1.41. The van der Waals surface area contributed by atoms with Crippen LogP contribution in [-0.2, 0) is 24.2 Å². The highest BCUT2D eigenvalue weighted by Gasteiger charge is 2.27. The average Bonchev–Trinajstić information content (AvgIpc) is 2.44. The number of aryl methyl sites for hydroxylation is 1. The Kier molecular flexibility index (Phi) is 5.57. The van der Waals surface area contributed by atoms with Gasteiger partial charge in [-0.05, 0) is 12.0 Å². The SMILES string of the molecule is CCCn1nc2c(cc1=O)CN(CCOCC(F)(F)F)CC2. The standard InChI is InChI=1S/C14H20F3N3O2/c1-2-4-20-13(21)8-11-9-19(5-3-12(11)18-20)6-7-22-10-14(15,16)17/h8H,2-7,9-10H2,1H3. The topological polar surface area (TPSA) is 47.4 Å². The van der Waals surface area contributed by atoms with Crippen LogP contribution in [0.5, 0.6) is 0 Å². The first kappa shape index (κ1) is 17.0. The molecule has 0 unspecified atom stereocenters. The highest BCUT2D eigenvalue weighted by Crippen LogP contribution is 2.16. The number of hydrogen-bond acceptors (Lipinski definition) is 4. The molecule has 0 saturated carbocycles. The van der Waals surface area contributed by atoms with Gasteiger partial charge in [-0.1, -0.05) is 6.92 Å². The Morgan fingerprint density at radius 1 is 1.36 bits per heavy atom. The Morgan fingerprint density at radius 2 is 2.14 bits per heavy atom. The number of rotatable bonds is 6. The zero-order valence-electron chi connectivity index (χ0n) is 12.5. The van der Waals surface area contributed by atoms with Crippen LogP contribution in [0.1, 0.15) is 24.6 Å². The predicted molar refractivity (Wildman–Crippen MR) is 74.6 cm³/mol. The van der Waals surface area contributed by atoms with E-state index in [1.54, 1.807) is 6.07 Å². The lowest BCUT2D eigenvalue weighted by atomic mass is 10.1. The maximum absolute atomic E-state index is 12.0. The Morgan fingerprint density at radius 3 is 2.82 bits per heavy atom. The van der Waals surface area contributed by atoms with Gasteiger partial charge in [-0.3, -0.25) is 9.69 Å². The Bertz CT molecular complexity index is 557. The van der Waals surface area contributed by atoms with Crippen molar-refractivity contribution in [1.82, 2.24) is 14.7 Å². The van der Waals surface area contributed by atoms with Gasteiger partial charge in [0, 0.05) is 38.7 Å². The van der Waals surface area contributed by atoms with E-state index in [4.69, 9.17) is 0 Å². The molecule has 1 aromatic rings. The number of halogens is 3. The van der Waals surface area contributed by atoms with E-state index in [0.717, 1.165) is 17.7 Å². The third-order valence-electron chi connectivity index (χ3n) is 3.48. The summed E-state index contributed by atoms with van der Waals surface area (Å²) in [4.78, 5) is 13.9. The van der Waals surface area contributed by atoms with E-state index < -0.39 is 12.8 Å². The van der Waals surface area contributed by atoms with E-state index in [-0.39, 0.29) is 12.2 Å². The van der Waals surface area contributed by atoms with Gasteiger partial charge in [0.2, 0.25) is 0 Å². The molecule has 124 valence electrons. The summed E-state index contributed by atoms with van der Waals surface area (Å²) in [6.45, 7) is 3.03. The lowest BCUT2D eigenvalue weighted by Crippen LogP contribution is -2.37. The van der Waals surface area contributed by atoms with E-state index in [2.05, 4.69) is 9.84 Å². The van der Waals surface area contributed by atoms with Gasteiger partial charge in [-0.2, -0.15) is 18.3 Å². The minimum atomic E-state index is -4.29. The minimum absolute atomic E-state index is 0.0230. The summed E-state index contributed by atoms with van der Waals surface area (Å²) in [5, 5.41) is 4.36. The van der Waals surface area contributed by atoms with Crippen LogP contribution in [0.15, 0.2) is 10.9 Å². The molecule has 0 aromatic carbocycles. The van der Waals surface area contributed by atoms with E-state index in [9.17, 15) is 18.0 Å². The first-order chi connectivity index (χ1) is 10.4. The van der Waals surface area contributed by atoms with Gasteiger partial charge in [0.1, 0.15) is 6.61 Å². The number of ether oxygens (including phenoxy) is 1. The first-order valence-electron chi connectivity index (χ1n) is 7.36. The molecule has 0 radical (unpaired) electrons. The van der Waals surface area contributed by atoms with E-state index in [1.807, 2.05) is 11.8 Å². The molecule has 0 amide bonds. The molecule has 0 bridgehead atoms. The molecule has 0 spiro atoms. The third kappa shape index (κ3) is 4.81. The normalized spacial score (nSPS) is 15.8. The molecular weight excluding hydrogens is 299 g/mol. The second kappa shape index (κ2) is 7.23. The van der Waals surface area contributed by atoms with Crippen molar-refractivity contribution in [3.05, 3.63) is 27.7 Å². The number of alkyl halides is 3. The van der Waals surface area contributed by atoms with Crippen LogP contribution >= 0.6 is 0 Å². The molecule has 8 heteroatoms. The van der Waals surface area contributed by atoms with Crippen molar-refractivity contribution in [2.24, 2.45) is 0 Å². The minimum Gasteiger partial charge on any atom is -0.371 e. The molecule has 1 aliphatic heterocycles. The maximum Gasteiger partial charge on any atom is 0.411 e. The summed E-state index contributed by atoms with van der Waals surface area (Å²) in [5.41, 5.74) is 1.63. The predicted octanol–water partition coefficient (Wildman–Crippen LogP) is 1.59. The van der Waals surface area contributed by atoms with Gasteiger partial charge < -0.3 is 4.74 Å². The van der Waals surface area contributed by atoms with Crippen LogP contribution in [-0.4, -0.2) is 47.2 Å². The molecule has 1 aromatic heterocycles. The van der Waals surface area contributed by atoms with Crippen molar-refractivity contribution in [1.29, 1.82) is 0 Å². The van der Waals surface area contributed by atoms with Crippen LogP contribution in [0.2, 0.25) is 0 Å². The summed E-state index contributed by atoms with van der Waals surface area (Å²) in [6.07, 6.45) is -2.75. The Balaban J connectivity index is 1.89. The summed E-state index contributed by atoms with van der Waals surface area (Å²) in [5.74, 6) is 0. The number of fused-ring (bicyclic) bond motifs is 1. The molecule has 0 aliphatic carbocycles. The Labute approximate surface area is 126 Å². The molecule has 0 atom stereocenters. The fraction of sp³-hybridized carbons (Fsp3) is 0.714. The van der Waals surface area contributed by atoms with Gasteiger partial charge in [0.15, 0.2) is 0 Å². The maximum atomic E-state index is 12.0. The molecule has 0 fully saturated rings. The second-order valence-electron chi connectivity index (χ2n) is 5.37. The van der Waals surface area contributed by atoms with Crippen molar-refractivity contribution in [2.75, 3.05) is 26.3 Å². The zero-order chi connectivity index (χ0) is 16.2. The number of aromatic nitrogens is 2. The van der Waals surface area contributed by atoms with E-state index in [1.165, 1.54) is 4.68 Å². The molecule has 0 saturated heterocycles. The van der Waals surface area contributed by atoms with Crippen LogP contribution < -0.4 is 5.56 Å². The van der Waals surface area contributed by atoms with Crippen molar-refractivity contribution < 1.29 is 17.9 Å². The lowest BCUT2D eigenvalue weighted by Gasteiger charge is -2.28. The van der Waals surface area contributed by atoms with E-state index >= 15 is 0 Å². The van der Waals surface area contributed by atoms with E-state index in [0.29, 0.717) is 32.6 Å². The van der Waals surface area contributed by atoms with Crippen molar-refractivity contribution >= 4 is 0 Å². The van der Waals surface area contributed by atoms with Crippen LogP contribution in [0.3, 0.4) is 0 Å². The molecular formula is C14H20F3N3O2. The number of nitrogens with zero attached hydrogens (tertiary/aromatic N) is 3. The summed E-state index contributed by atoms with van der Waals surface area (Å²) in [6, 6.07) is 1.58. The van der Waals surface area contributed by atoms with Crippen LogP contribution in [0, 0.1) is 0 Å². The third-order valence-corrected chi connectivity index (χ3v) is 3.48. The van der Waals surface area contributed by atoms with Crippen molar-refractivity contribution in [3.8, 4) is 0 Å². The molecule has 2 rings (SSSR count). The van der Waals surface area contributed by atoms with Gasteiger partial charge in [0.25, 0.3) is 5.56 Å². The van der Waals surface area contributed by atoms with Crippen molar-refractivity contribution in [3.63, 3.8) is 0 Å². The van der Waals surface area contributed by atoms with Gasteiger partial charge in [-0.15, -0.1) is 0 Å². The fourth-order valence-electron chi connectivity index (χ4n) is 2.44. The molecule has 1 aliphatic rings. The van der Waals surface area contributed by atoms with Crippen LogP contribution in [0.4, 0.5) is 13.2 Å². The molecule has 22 heavy (non-hydrogen) atoms. The fourth-order valence-corrected chi connectivity index (χ4v) is 2.44. The average molecular weight is 319 g/mol. The summed E-state index contributed by atoms with van der Waals surface area (Å²) in [7, 11) is 0. The van der Waals surface area contributed by atoms with Gasteiger partial charge in [0.05, 0.1) is 12.3 Å². The smallest absolute Gasteiger partial charge is 0.371 e. The number of hydrogen-bond donors (Lipinski definition) is 0. The van der Waals surface area contributed by atoms with Crippen molar-refractivity contribution in [2.45, 2.75) is 39.0 Å². The zero-order valence-corrected chi connectivity index (χ0v) is 12.5. The monoisotopic (exact) mass is 319 g/mol. The van der Waals surface area contributed by atoms with Gasteiger partial charge in [-0.25, -0.2) is 4.68 Å². The molecule has 2 heterocycles. The van der Waals surface area contributed by atoms with Crippen LogP contribution in [0.25, 0.3) is 0 Å². The highest BCUT2D eigenvalue weighted by atomic mass is 19.4. The molecule has 0 N–H and O–H groups in total. The first-order valence-corrected chi connectivity index (χ1v) is 7.36. The quantitative estimate of drug-likeness (QED) is 0.747. The summed E-state index contributed by atoms with van der Waals surface area (Å²) < 4.78 is 42.0. The highest BCUT2D eigenvalue weighted by molar-refractivity contribution is 5.20.